The molecule has 9 aromatic rings. The molecule has 0 bridgehead atoms. The van der Waals surface area contributed by atoms with Crippen molar-refractivity contribution in [3.8, 4) is 0 Å². The van der Waals surface area contributed by atoms with Crippen molar-refractivity contribution < 1.29 is 8.83 Å². The van der Waals surface area contributed by atoms with E-state index in [9.17, 15) is 0 Å². The van der Waals surface area contributed by atoms with Crippen molar-refractivity contribution >= 4 is 82.4 Å². The van der Waals surface area contributed by atoms with Gasteiger partial charge in [-0.05, 0) is 109 Å². The fraction of sp³-hybridized carbons (Fsp3) is 0.556. The minimum atomic E-state index is 0.0864. The smallest absolute Gasteiger partial charge is 0.134 e. The SMILES string of the molecule is Cc1c(C(C)(C)C)[se]c(C(C)(C)C)c1C.Cc1c(C(C)(C)C)[se]c2ccccc12.Cc1c(C(C)(C)C)oc(C(C)(C)C)c1C.Cc1c(C(C)(C)C)oc2ccccc12.Cc1c(C(C)(C)C)sc(C(C)(C)C)c1C.Cc1c(C(C)(C)C)sc2ccccc12. The summed E-state index contributed by atoms with van der Waals surface area (Å²) in [5.74, 6) is 3.36. The molecule has 0 spiro atoms. The van der Waals surface area contributed by atoms with Crippen LogP contribution in [0.1, 0.15) is 282 Å². The van der Waals surface area contributed by atoms with E-state index in [1.165, 1.54) is 64.7 Å². The zero-order chi connectivity index (χ0) is 67.1. The summed E-state index contributed by atoms with van der Waals surface area (Å²) in [6, 6.07) is 25.7. The zero-order valence-electron chi connectivity index (χ0n) is 61.9. The molecule has 3 aromatic carbocycles. The number of hydrogen-bond acceptors (Lipinski definition) is 4. The van der Waals surface area contributed by atoms with Gasteiger partial charge < -0.3 is 8.83 Å². The van der Waals surface area contributed by atoms with Gasteiger partial charge in [0.05, 0.1) is 0 Å². The maximum Gasteiger partial charge on any atom is 0.134 e. The second-order valence-electron chi connectivity index (χ2n) is 33.9. The zero-order valence-corrected chi connectivity index (χ0v) is 66.9. The minimum absolute atomic E-state index is 0.0864. The molecule has 87 heavy (non-hydrogen) atoms. The minimum Gasteiger partial charge on any atom is -0.464 e. The molecule has 0 N–H and O–H groups in total. The van der Waals surface area contributed by atoms with Gasteiger partial charge in [-0.1, -0.05) is 161 Å². The second kappa shape index (κ2) is 27.7. The van der Waals surface area contributed by atoms with Crippen molar-refractivity contribution in [2.45, 2.75) is 298 Å². The number of para-hydroxylation sites is 1. The van der Waals surface area contributed by atoms with Crippen LogP contribution in [0.3, 0.4) is 0 Å². The Kier molecular flexibility index (Phi) is 24.1. The summed E-state index contributed by atoms with van der Waals surface area (Å²) in [5, 5.41) is 4.14. The third kappa shape index (κ3) is 19.0. The average Bonchev–Trinajstić information content (AvgIpc) is 1.88. The largest absolute Gasteiger partial charge is 0.464 e. The third-order valence-electron chi connectivity index (χ3n) is 16.0. The Morgan fingerprint density at radius 1 is 0.264 bits per heavy atom. The molecule has 6 aromatic heterocycles. The molecule has 0 unspecified atom stereocenters. The fourth-order valence-corrected chi connectivity index (χ4v) is 20.1. The number of fused-ring (bicyclic) bond motifs is 3. The number of benzene rings is 3. The van der Waals surface area contributed by atoms with Gasteiger partial charge in [-0.3, -0.25) is 0 Å². The molecule has 0 aliphatic carbocycles. The molecule has 0 aliphatic heterocycles. The molecule has 6 heteroatoms. The summed E-state index contributed by atoms with van der Waals surface area (Å²) in [6.45, 7) is 81.5. The first kappa shape index (κ1) is 75.9. The molecule has 0 saturated heterocycles. The maximum absolute atomic E-state index is 6.07. The van der Waals surface area contributed by atoms with Gasteiger partial charge in [-0.25, -0.2) is 0 Å². The van der Waals surface area contributed by atoms with Crippen LogP contribution in [0.25, 0.3) is 30.7 Å². The summed E-state index contributed by atoms with van der Waals surface area (Å²) < 4.78 is 19.9. The Morgan fingerprint density at radius 3 is 0.920 bits per heavy atom. The van der Waals surface area contributed by atoms with Crippen LogP contribution in [0, 0.1) is 62.3 Å². The van der Waals surface area contributed by atoms with Crippen molar-refractivity contribution in [3.63, 3.8) is 0 Å². The van der Waals surface area contributed by atoms with Gasteiger partial charge in [0, 0.05) is 41.0 Å². The van der Waals surface area contributed by atoms with E-state index in [-0.39, 0.29) is 32.5 Å². The molecule has 9 rings (SSSR count). The van der Waals surface area contributed by atoms with Crippen LogP contribution in [-0.4, -0.2) is 29.0 Å². The van der Waals surface area contributed by atoms with Crippen molar-refractivity contribution in [2.75, 3.05) is 0 Å². The molecule has 2 nitrogen and oxygen atoms in total. The van der Waals surface area contributed by atoms with E-state index in [0.29, 0.717) is 45.3 Å². The number of furan rings is 2. The van der Waals surface area contributed by atoms with Crippen LogP contribution >= 0.6 is 22.7 Å². The Bertz CT molecular complexity index is 3230. The van der Waals surface area contributed by atoms with Gasteiger partial charge in [-0.2, -0.15) is 0 Å². The number of rotatable bonds is 0. The first-order valence-electron chi connectivity index (χ1n) is 31.9. The molecular weight excluding hydrogens is 1230 g/mol. The van der Waals surface area contributed by atoms with Gasteiger partial charge in [0.2, 0.25) is 0 Å². The van der Waals surface area contributed by atoms with Gasteiger partial charge in [-0.15, -0.1) is 22.7 Å². The third-order valence-corrected chi connectivity index (χ3v) is 28.2. The van der Waals surface area contributed by atoms with Gasteiger partial charge in [0.25, 0.3) is 0 Å². The summed E-state index contributed by atoms with van der Waals surface area (Å²) in [4.78, 5) is 4.61. The number of thiophene rings is 2. The molecule has 0 amide bonds. The van der Waals surface area contributed by atoms with Crippen molar-refractivity contribution in [3.05, 3.63) is 168 Å². The van der Waals surface area contributed by atoms with Gasteiger partial charge in [0.15, 0.2) is 0 Å². The van der Waals surface area contributed by atoms with E-state index < -0.39 is 0 Å². The average molecular weight is 1350 g/mol. The van der Waals surface area contributed by atoms with E-state index in [0.717, 1.165) is 22.9 Å². The number of aryl methyl sites for hydroxylation is 3. The summed E-state index contributed by atoms with van der Waals surface area (Å²) in [5.41, 5.74) is 16.1. The standard InChI is InChI=1S/C14H24O.C14H24S.C14H24Se.C13H16O.C13H16S.C13H16Se/c3*1-9-10(2)12(14(6,7)8)15-11(9)13(3,4)5;3*1-9-10-7-5-6-8-11(10)14-12(9)13(2,3)4/h3*1-8H3;3*5-8H,1-4H3. The molecule has 0 aliphatic rings. The Labute approximate surface area is 553 Å². The van der Waals surface area contributed by atoms with Crippen LogP contribution < -0.4 is 0 Å². The maximum atomic E-state index is 6.07. The van der Waals surface area contributed by atoms with Crippen molar-refractivity contribution in [2.24, 2.45) is 0 Å². The topological polar surface area (TPSA) is 26.3 Å². The van der Waals surface area contributed by atoms with E-state index in [1.807, 2.05) is 34.8 Å². The van der Waals surface area contributed by atoms with E-state index >= 15 is 0 Å². The Balaban J connectivity index is 0.000000223. The second-order valence-corrected chi connectivity index (χ2v) is 40.4. The predicted octanol–water partition coefficient (Wildman–Crippen LogP) is 25.5. The predicted molar refractivity (Wildman–Crippen MR) is 396 cm³/mol. The van der Waals surface area contributed by atoms with E-state index in [4.69, 9.17) is 8.83 Å². The van der Waals surface area contributed by atoms with Crippen molar-refractivity contribution in [1.82, 2.24) is 0 Å². The van der Waals surface area contributed by atoms with Crippen molar-refractivity contribution in [1.29, 1.82) is 0 Å². The molecule has 0 saturated carbocycles. The first-order valence-corrected chi connectivity index (χ1v) is 37.0. The Morgan fingerprint density at radius 2 is 0.598 bits per heavy atom. The van der Waals surface area contributed by atoms with Crippen LogP contribution in [0.5, 0.6) is 0 Å². The van der Waals surface area contributed by atoms with Crippen LogP contribution in [-0.2, 0) is 48.7 Å². The Hall–Kier alpha value is -3.60. The molecule has 0 atom stereocenters. The molecule has 0 fully saturated rings. The van der Waals surface area contributed by atoms with Crippen LogP contribution in [0.2, 0.25) is 0 Å². The molecule has 480 valence electrons. The summed E-state index contributed by atoms with van der Waals surface area (Å²) in [6.07, 6.45) is 0. The summed E-state index contributed by atoms with van der Waals surface area (Å²) >= 11 is 5.06. The van der Waals surface area contributed by atoms with E-state index in [2.05, 4.69) is 310 Å². The summed E-state index contributed by atoms with van der Waals surface area (Å²) in [7, 11) is 0. The van der Waals surface area contributed by atoms with Gasteiger partial charge >= 0.3 is 192 Å². The molecule has 6 heterocycles. The van der Waals surface area contributed by atoms with Gasteiger partial charge in [0.1, 0.15) is 22.9 Å². The quantitative estimate of drug-likeness (QED) is 0.141. The molecular formula is C81H120O2S2Se2. The normalized spacial score (nSPS) is 12.8. The molecule has 0 radical (unpaired) electrons. The number of hydrogen-bond donors (Lipinski definition) is 0. The van der Waals surface area contributed by atoms with Crippen LogP contribution in [0.4, 0.5) is 0 Å². The fourth-order valence-electron chi connectivity index (χ4n) is 11.8. The van der Waals surface area contributed by atoms with Crippen LogP contribution in [0.15, 0.2) is 81.6 Å². The van der Waals surface area contributed by atoms with E-state index in [1.54, 1.807) is 38.5 Å². The first-order chi connectivity index (χ1) is 39.1. The monoisotopic (exact) mass is 1350 g/mol.